The predicted octanol–water partition coefficient (Wildman–Crippen LogP) is 5.16. The zero-order valence-corrected chi connectivity index (χ0v) is 19.8. The van der Waals surface area contributed by atoms with Crippen LogP contribution in [0.3, 0.4) is 0 Å². The van der Waals surface area contributed by atoms with E-state index in [1.165, 1.54) is 0 Å². The molecule has 33 heavy (non-hydrogen) atoms. The van der Waals surface area contributed by atoms with Gasteiger partial charge in [0.25, 0.3) is 0 Å². The van der Waals surface area contributed by atoms with Crippen molar-refractivity contribution in [3.63, 3.8) is 0 Å². The summed E-state index contributed by atoms with van der Waals surface area (Å²) in [6.07, 6.45) is 3.31. The minimum absolute atomic E-state index is 0.105. The van der Waals surface area contributed by atoms with E-state index in [2.05, 4.69) is 10.1 Å². The summed E-state index contributed by atoms with van der Waals surface area (Å²) in [5, 5.41) is 4.85. The first-order valence-corrected chi connectivity index (χ1v) is 11.3. The summed E-state index contributed by atoms with van der Waals surface area (Å²) in [4.78, 5) is 18.8. The Morgan fingerprint density at radius 2 is 2.00 bits per heavy atom. The van der Waals surface area contributed by atoms with Crippen LogP contribution in [0, 0.1) is 13.8 Å². The van der Waals surface area contributed by atoms with Crippen LogP contribution in [-0.4, -0.2) is 35.1 Å². The van der Waals surface area contributed by atoms with Gasteiger partial charge in [0.05, 0.1) is 35.1 Å². The summed E-state index contributed by atoms with van der Waals surface area (Å²) in [7, 11) is 3.35. The number of hydrogen-bond donors (Lipinski definition) is 0. The Labute approximate surface area is 196 Å². The van der Waals surface area contributed by atoms with E-state index in [0.29, 0.717) is 24.7 Å². The topological polar surface area (TPSA) is 77.7 Å². The molecule has 0 fully saturated rings. The Bertz CT molecular complexity index is 1260. The molecule has 0 saturated heterocycles. The molecule has 0 atom stereocenters. The van der Waals surface area contributed by atoms with E-state index in [9.17, 15) is 4.79 Å². The van der Waals surface area contributed by atoms with Gasteiger partial charge in [-0.3, -0.25) is 4.79 Å². The van der Waals surface area contributed by atoms with E-state index in [4.69, 9.17) is 14.0 Å². The van der Waals surface area contributed by atoms with Crippen molar-refractivity contribution in [3.8, 4) is 11.5 Å². The average Bonchev–Trinajstić information content (AvgIpc) is 3.37. The number of benzene rings is 2. The number of thiazole rings is 1. The molecule has 0 aliphatic carbocycles. The molecular weight excluding hydrogens is 438 g/mol. The fourth-order valence-electron chi connectivity index (χ4n) is 3.33. The van der Waals surface area contributed by atoms with Gasteiger partial charge < -0.3 is 18.9 Å². The molecule has 0 aliphatic rings. The number of rotatable bonds is 8. The molecule has 1 amide bonds. The molecule has 2 aromatic heterocycles. The first kappa shape index (κ1) is 22.5. The molecule has 4 rings (SSSR count). The summed E-state index contributed by atoms with van der Waals surface area (Å²) in [5.74, 6) is 1.82. The van der Waals surface area contributed by atoms with Crippen molar-refractivity contribution in [2.24, 2.45) is 0 Å². The standard InChI is InChI=1S/C25H25N3O4S/c1-16-19(17(2)32-27-16)15-31-21-11-9-18(13-22(21)30-4)10-12-25(29)28(3)14-24-26-20-7-5-6-8-23(20)33-24/h5-13H,14-15H2,1-4H3. The molecule has 2 heterocycles. The molecule has 0 unspecified atom stereocenters. The highest BCUT2D eigenvalue weighted by Crippen LogP contribution is 2.30. The molecule has 0 aliphatic heterocycles. The van der Waals surface area contributed by atoms with Crippen LogP contribution in [0.15, 0.2) is 53.1 Å². The van der Waals surface area contributed by atoms with Crippen molar-refractivity contribution in [1.29, 1.82) is 0 Å². The second-order valence-corrected chi connectivity index (χ2v) is 8.72. The van der Waals surface area contributed by atoms with Crippen LogP contribution in [-0.2, 0) is 17.9 Å². The second-order valence-electron chi connectivity index (χ2n) is 7.60. The summed E-state index contributed by atoms with van der Waals surface area (Å²) in [5.41, 5.74) is 3.51. The zero-order valence-electron chi connectivity index (χ0n) is 19.0. The number of methoxy groups -OCH3 is 1. The third kappa shape index (κ3) is 5.23. The molecular formula is C25H25N3O4S. The Morgan fingerprint density at radius 1 is 1.18 bits per heavy atom. The molecule has 4 aromatic rings. The highest BCUT2D eigenvalue weighted by molar-refractivity contribution is 7.18. The lowest BCUT2D eigenvalue weighted by atomic mass is 10.1. The highest BCUT2D eigenvalue weighted by atomic mass is 32.1. The van der Waals surface area contributed by atoms with Gasteiger partial charge in [-0.25, -0.2) is 4.98 Å². The number of carbonyl (C=O) groups excluding carboxylic acids is 1. The van der Waals surface area contributed by atoms with Crippen LogP contribution < -0.4 is 9.47 Å². The van der Waals surface area contributed by atoms with E-state index < -0.39 is 0 Å². The molecule has 0 spiro atoms. The molecule has 2 aromatic carbocycles. The third-order valence-electron chi connectivity index (χ3n) is 5.25. The van der Waals surface area contributed by atoms with Gasteiger partial charge in [-0.05, 0) is 49.8 Å². The maximum atomic E-state index is 12.6. The van der Waals surface area contributed by atoms with Crippen molar-refractivity contribution in [1.82, 2.24) is 15.0 Å². The van der Waals surface area contributed by atoms with Gasteiger partial charge in [0.1, 0.15) is 17.4 Å². The number of fused-ring (bicyclic) bond motifs is 1. The van der Waals surface area contributed by atoms with Crippen LogP contribution >= 0.6 is 11.3 Å². The first-order chi connectivity index (χ1) is 15.9. The lowest BCUT2D eigenvalue weighted by Gasteiger charge is -2.13. The summed E-state index contributed by atoms with van der Waals surface area (Å²) in [6.45, 7) is 4.53. The highest BCUT2D eigenvalue weighted by Gasteiger charge is 2.13. The number of aromatic nitrogens is 2. The lowest BCUT2D eigenvalue weighted by molar-refractivity contribution is -0.125. The van der Waals surface area contributed by atoms with Crippen molar-refractivity contribution >= 4 is 33.5 Å². The predicted molar refractivity (Wildman–Crippen MR) is 128 cm³/mol. The number of nitrogens with zero attached hydrogens (tertiary/aromatic N) is 3. The van der Waals surface area contributed by atoms with Crippen LogP contribution in [0.1, 0.15) is 27.6 Å². The van der Waals surface area contributed by atoms with Crippen molar-refractivity contribution in [2.75, 3.05) is 14.2 Å². The number of likely N-dealkylation sites (N-methyl/N-ethyl adjacent to an activating group) is 1. The van der Waals surface area contributed by atoms with E-state index in [1.54, 1.807) is 42.5 Å². The monoisotopic (exact) mass is 463 g/mol. The quantitative estimate of drug-likeness (QED) is 0.336. The van der Waals surface area contributed by atoms with Gasteiger partial charge in [0.2, 0.25) is 5.91 Å². The first-order valence-electron chi connectivity index (χ1n) is 10.4. The van der Waals surface area contributed by atoms with Crippen molar-refractivity contribution in [3.05, 3.63) is 76.1 Å². The van der Waals surface area contributed by atoms with E-state index in [-0.39, 0.29) is 5.91 Å². The number of para-hydroxylation sites is 1. The number of carbonyl (C=O) groups is 1. The molecule has 7 nitrogen and oxygen atoms in total. The van der Waals surface area contributed by atoms with E-state index in [0.717, 1.165) is 37.8 Å². The van der Waals surface area contributed by atoms with Crippen molar-refractivity contribution < 1.29 is 18.8 Å². The average molecular weight is 464 g/mol. The van der Waals surface area contributed by atoms with Gasteiger partial charge in [0.15, 0.2) is 11.5 Å². The minimum atomic E-state index is -0.105. The number of aryl methyl sites for hydroxylation is 2. The maximum Gasteiger partial charge on any atom is 0.246 e. The lowest BCUT2D eigenvalue weighted by Crippen LogP contribution is -2.23. The Balaban J connectivity index is 1.39. The summed E-state index contributed by atoms with van der Waals surface area (Å²) < 4.78 is 17.7. The third-order valence-corrected chi connectivity index (χ3v) is 6.27. The SMILES string of the molecule is COc1cc(C=CC(=O)N(C)Cc2nc3ccccc3s2)ccc1OCc1c(C)noc1C. The molecule has 0 saturated carbocycles. The summed E-state index contributed by atoms with van der Waals surface area (Å²) in [6, 6.07) is 13.5. The fourth-order valence-corrected chi connectivity index (χ4v) is 4.35. The van der Waals surface area contributed by atoms with Gasteiger partial charge >= 0.3 is 0 Å². The number of amides is 1. The smallest absolute Gasteiger partial charge is 0.246 e. The Hall–Kier alpha value is -3.65. The Morgan fingerprint density at radius 3 is 2.73 bits per heavy atom. The van der Waals surface area contributed by atoms with E-state index in [1.807, 2.05) is 56.3 Å². The summed E-state index contributed by atoms with van der Waals surface area (Å²) >= 11 is 1.60. The van der Waals surface area contributed by atoms with Crippen molar-refractivity contribution in [2.45, 2.75) is 27.0 Å². The maximum absolute atomic E-state index is 12.6. The Kier molecular flexibility index (Phi) is 6.74. The van der Waals surface area contributed by atoms with Gasteiger partial charge in [-0.15, -0.1) is 11.3 Å². The molecule has 0 bridgehead atoms. The minimum Gasteiger partial charge on any atom is -0.493 e. The molecule has 170 valence electrons. The normalized spacial score (nSPS) is 11.3. The van der Waals surface area contributed by atoms with Gasteiger partial charge in [0, 0.05) is 13.1 Å². The largest absolute Gasteiger partial charge is 0.493 e. The van der Waals surface area contributed by atoms with E-state index >= 15 is 0 Å². The van der Waals surface area contributed by atoms with Gasteiger partial charge in [-0.2, -0.15) is 0 Å². The molecule has 0 N–H and O–H groups in total. The van der Waals surface area contributed by atoms with Gasteiger partial charge in [-0.1, -0.05) is 23.4 Å². The molecule has 8 heteroatoms. The van der Waals surface area contributed by atoms with Crippen LogP contribution in [0.5, 0.6) is 11.5 Å². The number of hydrogen-bond acceptors (Lipinski definition) is 7. The van der Waals surface area contributed by atoms with Crippen LogP contribution in [0.4, 0.5) is 0 Å². The number of ether oxygens (including phenoxy) is 2. The second kappa shape index (κ2) is 9.87. The van der Waals surface area contributed by atoms with Crippen LogP contribution in [0.25, 0.3) is 16.3 Å². The van der Waals surface area contributed by atoms with Crippen LogP contribution in [0.2, 0.25) is 0 Å². The fraction of sp³-hybridized carbons (Fsp3) is 0.240. The zero-order chi connectivity index (χ0) is 23.4. The molecule has 0 radical (unpaired) electrons.